The number of rotatable bonds is 5. The molecule has 1 aromatic carbocycles. The van der Waals surface area contributed by atoms with Crippen LogP contribution in [0.15, 0.2) is 24.3 Å². The largest absolute Gasteiger partial charge is 0.317 e. The fourth-order valence-electron chi connectivity index (χ4n) is 3.32. The molecule has 1 unspecified atom stereocenters. The molecule has 1 N–H and O–H groups in total. The molecular weight excluding hydrogens is 303 g/mol. The van der Waals surface area contributed by atoms with Gasteiger partial charge in [-0.15, -0.1) is 12.4 Å². The van der Waals surface area contributed by atoms with Gasteiger partial charge in [0.2, 0.25) is 0 Å². The van der Waals surface area contributed by atoms with E-state index in [-0.39, 0.29) is 12.4 Å². The Morgan fingerprint density at radius 2 is 1.76 bits per heavy atom. The summed E-state index contributed by atoms with van der Waals surface area (Å²) < 4.78 is 0. The Hall–Kier alpha value is -0.280. The van der Waals surface area contributed by atoms with Gasteiger partial charge in [0.15, 0.2) is 0 Å². The zero-order valence-corrected chi connectivity index (χ0v) is 14.3. The molecule has 0 amide bonds. The summed E-state index contributed by atoms with van der Waals surface area (Å²) in [7, 11) is 0. The van der Waals surface area contributed by atoms with Gasteiger partial charge < -0.3 is 5.32 Å². The number of halogens is 2. The lowest BCUT2D eigenvalue weighted by molar-refractivity contribution is 0.152. The zero-order chi connectivity index (χ0) is 13.9. The van der Waals surface area contributed by atoms with Crippen LogP contribution in [-0.4, -0.2) is 30.6 Å². The van der Waals surface area contributed by atoms with Crippen molar-refractivity contribution in [1.29, 1.82) is 0 Å². The summed E-state index contributed by atoms with van der Waals surface area (Å²) in [6, 6.07) is 9.73. The number of hydrogen-bond acceptors (Lipinski definition) is 2. The molecule has 2 fully saturated rings. The van der Waals surface area contributed by atoms with Crippen molar-refractivity contribution in [1.82, 2.24) is 10.2 Å². The van der Waals surface area contributed by atoms with Crippen LogP contribution in [0.2, 0.25) is 5.02 Å². The highest BCUT2D eigenvalue weighted by Crippen LogP contribution is 2.36. The highest BCUT2D eigenvalue weighted by molar-refractivity contribution is 6.30. The van der Waals surface area contributed by atoms with Crippen molar-refractivity contribution in [2.75, 3.05) is 19.6 Å². The van der Waals surface area contributed by atoms with Crippen LogP contribution in [0.25, 0.3) is 0 Å². The smallest absolute Gasteiger partial charge is 0.0406 e. The molecule has 0 radical (unpaired) electrons. The molecule has 1 aromatic rings. The molecule has 1 atom stereocenters. The van der Waals surface area contributed by atoms with Crippen molar-refractivity contribution >= 4 is 24.0 Å². The van der Waals surface area contributed by atoms with Gasteiger partial charge in [-0.1, -0.05) is 23.7 Å². The average molecular weight is 329 g/mol. The highest BCUT2D eigenvalue weighted by Gasteiger charge is 2.34. The quantitative estimate of drug-likeness (QED) is 0.867. The lowest BCUT2D eigenvalue weighted by Crippen LogP contribution is -2.38. The normalized spacial score (nSPS) is 21.1. The van der Waals surface area contributed by atoms with Crippen LogP contribution in [0.3, 0.4) is 0 Å². The number of benzene rings is 1. The first-order chi connectivity index (χ1) is 9.74. The van der Waals surface area contributed by atoms with E-state index in [0.29, 0.717) is 6.04 Å². The van der Waals surface area contributed by atoms with Crippen LogP contribution in [0.5, 0.6) is 0 Å². The van der Waals surface area contributed by atoms with Gasteiger partial charge in [-0.3, -0.25) is 4.90 Å². The second-order valence-corrected chi connectivity index (χ2v) is 6.79. The molecule has 21 heavy (non-hydrogen) atoms. The Morgan fingerprint density at radius 1 is 1.14 bits per heavy atom. The van der Waals surface area contributed by atoms with E-state index in [4.69, 9.17) is 11.6 Å². The minimum atomic E-state index is 0. The van der Waals surface area contributed by atoms with E-state index < -0.39 is 0 Å². The van der Waals surface area contributed by atoms with E-state index in [2.05, 4.69) is 29.3 Å². The lowest BCUT2D eigenvalue weighted by Gasteiger charge is -2.34. The Labute approximate surface area is 139 Å². The maximum absolute atomic E-state index is 6.01. The van der Waals surface area contributed by atoms with Gasteiger partial charge in [0.1, 0.15) is 0 Å². The van der Waals surface area contributed by atoms with Gasteiger partial charge in [0, 0.05) is 23.7 Å². The first kappa shape index (κ1) is 17.1. The molecule has 0 aromatic heterocycles. The van der Waals surface area contributed by atoms with Crippen LogP contribution < -0.4 is 5.32 Å². The minimum Gasteiger partial charge on any atom is -0.317 e. The van der Waals surface area contributed by atoms with Gasteiger partial charge in [-0.25, -0.2) is 0 Å². The Morgan fingerprint density at radius 3 is 2.33 bits per heavy atom. The van der Waals surface area contributed by atoms with E-state index in [1.54, 1.807) is 0 Å². The van der Waals surface area contributed by atoms with Crippen molar-refractivity contribution in [3.05, 3.63) is 34.9 Å². The van der Waals surface area contributed by atoms with E-state index >= 15 is 0 Å². The van der Waals surface area contributed by atoms with Crippen LogP contribution in [0.1, 0.15) is 44.2 Å². The molecule has 1 saturated carbocycles. The number of hydrogen-bond donors (Lipinski definition) is 1. The molecule has 0 spiro atoms. The van der Waals surface area contributed by atoms with Gasteiger partial charge in [0.25, 0.3) is 0 Å². The van der Waals surface area contributed by atoms with E-state index in [1.807, 2.05) is 12.1 Å². The SMILES string of the molecule is CC(c1ccc(Cl)cc1)N(CC1CCNCC1)C1CC1.Cl. The maximum atomic E-state index is 6.01. The standard InChI is InChI=1S/C17H25ClN2.ClH/c1-13(15-2-4-16(18)5-3-15)20(17-6-7-17)12-14-8-10-19-11-9-14;/h2-5,13-14,17,19H,6-12H2,1H3;1H. The summed E-state index contributed by atoms with van der Waals surface area (Å²) >= 11 is 6.01. The Kier molecular flexibility index (Phi) is 6.36. The van der Waals surface area contributed by atoms with Crippen molar-refractivity contribution in [2.45, 2.75) is 44.7 Å². The van der Waals surface area contributed by atoms with E-state index in [0.717, 1.165) is 17.0 Å². The molecule has 3 rings (SSSR count). The second kappa shape index (κ2) is 7.82. The van der Waals surface area contributed by atoms with Crippen molar-refractivity contribution in [3.8, 4) is 0 Å². The molecule has 2 aliphatic rings. The number of nitrogens with zero attached hydrogens (tertiary/aromatic N) is 1. The fraction of sp³-hybridized carbons (Fsp3) is 0.647. The summed E-state index contributed by atoms with van der Waals surface area (Å²) in [6.07, 6.45) is 5.42. The predicted octanol–water partition coefficient (Wildman–Crippen LogP) is 4.29. The molecule has 1 heterocycles. The Bertz CT molecular complexity index is 425. The summed E-state index contributed by atoms with van der Waals surface area (Å²) in [6.45, 7) is 6.00. The summed E-state index contributed by atoms with van der Waals surface area (Å²) in [5.74, 6) is 0.867. The van der Waals surface area contributed by atoms with Crippen LogP contribution >= 0.6 is 24.0 Å². The molecule has 2 nitrogen and oxygen atoms in total. The van der Waals surface area contributed by atoms with Crippen molar-refractivity contribution in [2.24, 2.45) is 5.92 Å². The first-order valence-electron chi connectivity index (χ1n) is 7.96. The topological polar surface area (TPSA) is 15.3 Å². The van der Waals surface area contributed by atoms with Gasteiger partial charge in [-0.05, 0) is 69.3 Å². The van der Waals surface area contributed by atoms with Gasteiger partial charge in [0.05, 0.1) is 0 Å². The van der Waals surface area contributed by atoms with Crippen molar-refractivity contribution in [3.63, 3.8) is 0 Å². The summed E-state index contributed by atoms with van der Waals surface area (Å²) in [4.78, 5) is 2.74. The average Bonchev–Trinajstić information content (AvgIpc) is 3.30. The van der Waals surface area contributed by atoms with Crippen LogP contribution in [-0.2, 0) is 0 Å². The summed E-state index contributed by atoms with van der Waals surface area (Å²) in [5, 5.41) is 4.30. The van der Waals surface area contributed by atoms with Gasteiger partial charge in [-0.2, -0.15) is 0 Å². The molecule has 1 aliphatic heterocycles. The second-order valence-electron chi connectivity index (χ2n) is 6.35. The first-order valence-corrected chi connectivity index (χ1v) is 8.34. The Balaban J connectivity index is 0.00000161. The van der Waals surface area contributed by atoms with E-state index in [1.165, 1.54) is 50.9 Å². The van der Waals surface area contributed by atoms with Crippen molar-refractivity contribution < 1.29 is 0 Å². The monoisotopic (exact) mass is 328 g/mol. The van der Waals surface area contributed by atoms with Crippen LogP contribution in [0, 0.1) is 5.92 Å². The third kappa shape index (κ3) is 4.59. The lowest BCUT2D eigenvalue weighted by atomic mass is 9.96. The minimum absolute atomic E-state index is 0. The maximum Gasteiger partial charge on any atom is 0.0406 e. The molecule has 1 aliphatic carbocycles. The fourth-order valence-corrected chi connectivity index (χ4v) is 3.45. The number of nitrogens with one attached hydrogen (secondary N) is 1. The molecule has 118 valence electrons. The summed E-state index contributed by atoms with van der Waals surface area (Å²) in [5.41, 5.74) is 1.40. The third-order valence-electron chi connectivity index (χ3n) is 4.79. The molecule has 4 heteroatoms. The van der Waals surface area contributed by atoms with E-state index in [9.17, 15) is 0 Å². The molecular formula is C17H26Cl2N2. The molecule has 1 saturated heterocycles. The van der Waals surface area contributed by atoms with Crippen LogP contribution in [0.4, 0.5) is 0 Å². The van der Waals surface area contributed by atoms with Gasteiger partial charge >= 0.3 is 0 Å². The number of piperidine rings is 1. The predicted molar refractivity (Wildman–Crippen MR) is 92.4 cm³/mol. The zero-order valence-electron chi connectivity index (χ0n) is 12.7. The molecule has 0 bridgehead atoms. The highest BCUT2D eigenvalue weighted by atomic mass is 35.5. The third-order valence-corrected chi connectivity index (χ3v) is 5.05.